The molecule has 0 aliphatic carbocycles. The number of aryl methyl sites for hydroxylation is 2. The quantitative estimate of drug-likeness (QED) is 0.874. The molecule has 2 rings (SSSR count). The van der Waals surface area contributed by atoms with Gasteiger partial charge in [0.15, 0.2) is 0 Å². The zero-order valence-electron chi connectivity index (χ0n) is 11.3. The van der Waals surface area contributed by atoms with Crippen LogP contribution in [0, 0.1) is 25.5 Å². The largest absolute Gasteiger partial charge is 0.318 e. The van der Waals surface area contributed by atoms with Gasteiger partial charge in [-0.2, -0.15) is 0 Å². The van der Waals surface area contributed by atoms with E-state index in [2.05, 4.69) is 0 Å². The summed E-state index contributed by atoms with van der Waals surface area (Å²) in [5.74, 6) is -0.637. The second-order valence-electron chi connectivity index (χ2n) is 5.18. The molecule has 100 valence electrons. The molecule has 0 aliphatic rings. The second-order valence-corrected chi connectivity index (χ2v) is 5.18. The number of hydrogen-bond acceptors (Lipinski definition) is 1. The standard InChI is InChI=1S/C16H17F2N/c1-10-6-13(8-14(17)7-10)16(3,19)12-5-4-11(2)15(18)9-12/h4-9H,19H2,1-3H3. The van der Waals surface area contributed by atoms with E-state index in [9.17, 15) is 8.78 Å². The Morgan fingerprint density at radius 1 is 0.947 bits per heavy atom. The first-order valence-corrected chi connectivity index (χ1v) is 6.14. The van der Waals surface area contributed by atoms with E-state index < -0.39 is 5.54 Å². The first kappa shape index (κ1) is 13.7. The van der Waals surface area contributed by atoms with Crippen LogP contribution in [0.3, 0.4) is 0 Å². The number of nitrogens with two attached hydrogens (primary N) is 1. The molecule has 1 unspecified atom stereocenters. The molecular formula is C16H17F2N. The van der Waals surface area contributed by atoms with Crippen molar-refractivity contribution < 1.29 is 8.78 Å². The Kier molecular flexibility index (Phi) is 3.42. The minimum absolute atomic E-state index is 0.303. The molecule has 0 spiro atoms. The maximum Gasteiger partial charge on any atom is 0.126 e. The average molecular weight is 261 g/mol. The minimum Gasteiger partial charge on any atom is -0.318 e. The van der Waals surface area contributed by atoms with Crippen LogP contribution in [0.4, 0.5) is 8.78 Å². The average Bonchev–Trinajstić information content (AvgIpc) is 2.31. The molecule has 2 aromatic rings. The van der Waals surface area contributed by atoms with Gasteiger partial charge in [-0.25, -0.2) is 8.78 Å². The predicted octanol–water partition coefficient (Wildman–Crippen LogP) is 3.80. The number of rotatable bonds is 2. The van der Waals surface area contributed by atoms with Crippen LogP contribution in [0.2, 0.25) is 0 Å². The third-order valence-corrected chi connectivity index (χ3v) is 3.41. The molecular weight excluding hydrogens is 244 g/mol. The molecule has 0 amide bonds. The van der Waals surface area contributed by atoms with Gasteiger partial charge in [0, 0.05) is 0 Å². The minimum atomic E-state index is -0.929. The summed E-state index contributed by atoms with van der Waals surface area (Å²) in [7, 11) is 0. The molecule has 3 heteroatoms. The van der Waals surface area contributed by atoms with Crippen LogP contribution < -0.4 is 5.73 Å². The summed E-state index contributed by atoms with van der Waals surface area (Å²) >= 11 is 0. The van der Waals surface area contributed by atoms with Crippen molar-refractivity contribution in [3.63, 3.8) is 0 Å². The Hall–Kier alpha value is -1.74. The van der Waals surface area contributed by atoms with Crippen LogP contribution in [0.5, 0.6) is 0 Å². The van der Waals surface area contributed by atoms with Gasteiger partial charge < -0.3 is 5.73 Å². The lowest BCUT2D eigenvalue weighted by Gasteiger charge is -2.26. The van der Waals surface area contributed by atoms with E-state index in [-0.39, 0.29) is 11.6 Å². The van der Waals surface area contributed by atoms with Gasteiger partial charge in [0.2, 0.25) is 0 Å². The van der Waals surface area contributed by atoms with Gasteiger partial charge in [-0.15, -0.1) is 0 Å². The van der Waals surface area contributed by atoms with Gasteiger partial charge in [-0.1, -0.05) is 18.2 Å². The topological polar surface area (TPSA) is 26.0 Å². The zero-order valence-corrected chi connectivity index (χ0v) is 11.3. The molecule has 19 heavy (non-hydrogen) atoms. The highest BCUT2D eigenvalue weighted by Crippen LogP contribution is 2.28. The lowest BCUT2D eigenvalue weighted by Crippen LogP contribution is -2.34. The maximum atomic E-state index is 13.7. The Balaban J connectivity index is 2.54. The van der Waals surface area contributed by atoms with Crippen molar-refractivity contribution in [2.75, 3.05) is 0 Å². The summed E-state index contributed by atoms with van der Waals surface area (Å²) in [4.78, 5) is 0. The first-order chi connectivity index (χ1) is 8.80. The third kappa shape index (κ3) is 2.66. The van der Waals surface area contributed by atoms with Crippen LogP contribution in [-0.2, 0) is 5.54 Å². The highest BCUT2D eigenvalue weighted by atomic mass is 19.1. The van der Waals surface area contributed by atoms with Crippen LogP contribution in [0.15, 0.2) is 36.4 Å². The fourth-order valence-electron chi connectivity index (χ4n) is 2.12. The Bertz CT molecular complexity index is 598. The maximum absolute atomic E-state index is 13.7. The van der Waals surface area contributed by atoms with Crippen molar-refractivity contribution in [2.45, 2.75) is 26.3 Å². The van der Waals surface area contributed by atoms with Crippen LogP contribution in [0.1, 0.15) is 29.2 Å². The van der Waals surface area contributed by atoms with Crippen molar-refractivity contribution in [1.82, 2.24) is 0 Å². The number of benzene rings is 2. The molecule has 0 radical (unpaired) electrons. The van der Waals surface area contributed by atoms with Gasteiger partial charge in [-0.05, 0) is 61.2 Å². The second kappa shape index (κ2) is 4.74. The highest BCUT2D eigenvalue weighted by molar-refractivity contribution is 5.40. The van der Waals surface area contributed by atoms with Gasteiger partial charge >= 0.3 is 0 Å². The first-order valence-electron chi connectivity index (χ1n) is 6.14. The predicted molar refractivity (Wildman–Crippen MR) is 72.9 cm³/mol. The van der Waals surface area contributed by atoms with E-state index in [1.807, 2.05) is 6.07 Å². The van der Waals surface area contributed by atoms with Gasteiger partial charge in [0.05, 0.1) is 5.54 Å². The normalized spacial score (nSPS) is 14.2. The molecule has 0 saturated heterocycles. The molecule has 2 N–H and O–H groups in total. The van der Waals surface area contributed by atoms with E-state index in [1.54, 1.807) is 32.9 Å². The molecule has 0 bridgehead atoms. The molecule has 2 aromatic carbocycles. The fourth-order valence-corrected chi connectivity index (χ4v) is 2.12. The highest BCUT2D eigenvalue weighted by Gasteiger charge is 2.25. The molecule has 0 aliphatic heterocycles. The van der Waals surface area contributed by atoms with E-state index >= 15 is 0 Å². The number of hydrogen-bond donors (Lipinski definition) is 1. The summed E-state index contributed by atoms with van der Waals surface area (Å²) < 4.78 is 27.1. The van der Waals surface area contributed by atoms with Crippen LogP contribution in [0.25, 0.3) is 0 Å². The Morgan fingerprint density at radius 3 is 2.21 bits per heavy atom. The van der Waals surface area contributed by atoms with Crippen molar-refractivity contribution in [3.05, 3.63) is 70.3 Å². The van der Waals surface area contributed by atoms with E-state index in [1.165, 1.54) is 18.2 Å². The van der Waals surface area contributed by atoms with E-state index in [0.29, 0.717) is 16.7 Å². The molecule has 1 nitrogen and oxygen atoms in total. The van der Waals surface area contributed by atoms with E-state index in [0.717, 1.165) is 5.56 Å². The fraction of sp³-hybridized carbons (Fsp3) is 0.250. The lowest BCUT2D eigenvalue weighted by molar-refractivity contribution is 0.566. The summed E-state index contributed by atoms with van der Waals surface area (Å²) in [6, 6.07) is 9.52. The van der Waals surface area contributed by atoms with Crippen molar-refractivity contribution in [3.8, 4) is 0 Å². The number of halogens is 2. The Labute approximate surface area is 112 Å². The van der Waals surface area contributed by atoms with E-state index in [4.69, 9.17) is 5.73 Å². The van der Waals surface area contributed by atoms with Crippen LogP contribution >= 0.6 is 0 Å². The lowest BCUT2D eigenvalue weighted by atomic mass is 9.84. The zero-order chi connectivity index (χ0) is 14.2. The van der Waals surface area contributed by atoms with Crippen molar-refractivity contribution in [2.24, 2.45) is 5.73 Å². The van der Waals surface area contributed by atoms with Gasteiger partial charge in [-0.3, -0.25) is 0 Å². The smallest absolute Gasteiger partial charge is 0.126 e. The van der Waals surface area contributed by atoms with Crippen molar-refractivity contribution >= 4 is 0 Å². The van der Waals surface area contributed by atoms with Gasteiger partial charge in [0.25, 0.3) is 0 Å². The molecule has 0 saturated carbocycles. The molecule has 0 fully saturated rings. The van der Waals surface area contributed by atoms with Gasteiger partial charge in [0.1, 0.15) is 11.6 Å². The third-order valence-electron chi connectivity index (χ3n) is 3.41. The summed E-state index contributed by atoms with van der Waals surface area (Å²) in [6.45, 7) is 5.25. The summed E-state index contributed by atoms with van der Waals surface area (Å²) in [6.07, 6.45) is 0. The molecule has 0 heterocycles. The van der Waals surface area contributed by atoms with Crippen LogP contribution in [-0.4, -0.2) is 0 Å². The monoisotopic (exact) mass is 261 g/mol. The Morgan fingerprint density at radius 2 is 1.63 bits per heavy atom. The molecule has 1 atom stereocenters. The summed E-state index contributed by atoms with van der Waals surface area (Å²) in [5.41, 5.74) is 7.97. The molecule has 0 aromatic heterocycles. The van der Waals surface area contributed by atoms with Crippen molar-refractivity contribution in [1.29, 1.82) is 0 Å². The SMILES string of the molecule is Cc1cc(F)cc(C(C)(N)c2ccc(C)c(F)c2)c1. The summed E-state index contributed by atoms with van der Waals surface area (Å²) in [5, 5.41) is 0.